The molecular weight excluding hydrogens is 651 g/mol. The third kappa shape index (κ3) is 3.95. The zero-order valence-corrected chi connectivity index (χ0v) is 23.7. The summed E-state index contributed by atoms with van der Waals surface area (Å²) in [6.07, 6.45) is 3.50. The summed E-state index contributed by atoms with van der Waals surface area (Å²) < 4.78 is 9.27. The third-order valence-electron chi connectivity index (χ3n) is 6.65. The molecule has 0 fully saturated rings. The molecule has 0 spiro atoms. The van der Waals surface area contributed by atoms with Gasteiger partial charge in [-0.05, 0) is 82.5 Å². The topological polar surface area (TPSA) is 63.8 Å². The fourth-order valence-electron chi connectivity index (χ4n) is 4.95. The van der Waals surface area contributed by atoms with Crippen LogP contribution in [-0.2, 0) is 6.42 Å². The van der Waals surface area contributed by atoms with E-state index in [-0.39, 0.29) is 17.4 Å². The van der Waals surface area contributed by atoms with Crippen molar-refractivity contribution in [2.45, 2.75) is 18.9 Å². The maximum absolute atomic E-state index is 13.9. The largest absolute Gasteiger partial charge is 0.506 e. The number of methoxy groups -OCH3 is 1. The Morgan fingerprint density at radius 3 is 2.72 bits per heavy atom. The first-order valence-electron chi connectivity index (χ1n) is 11.4. The first kappa shape index (κ1) is 23.7. The summed E-state index contributed by atoms with van der Waals surface area (Å²) in [6, 6.07) is 19.7. The molecule has 0 saturated carbocycles. The molecule has 2 heterocycles. The number of aromatic nitrogens is 1. The number of hydrogen-bond acceptors (Lipinski definition) is 5. The van der Waals surface area contributed by atoms with Crippen molar-refractivity contribution in [3.05, 3.63) is 116 Å². The van der Waals surface area contributed by atoms with E-state index < -0.39 is 0 Å². The highest BCUT2D eigenvalue weighted by Gasteiger charge is 2.32. The second-order valence-corrected chi connectivity index (χ2v) is 11.8. The lowest BCUT2D eigenvalue weighted by atomic mass is 9.83. The molecule has 0 saturated heterocycles. The minimum atomic E-state index is -0.256. The first-order valence-corrected chi connectivity index (χ1v) is 14.1. The SMILES string of the molecule is COc1ccc([C@H]2C3=C(N=c4s/c(=C\c5cc(Br)cc(I)c5O)c(=O)n42)c2ccccc2CC3)cc1. The van der Waals surface area contributed by atoms with Gasteiger partial charge in [-0.25, -0.2) is 4.99 Å². The second kappa shape index (κ2) is 9.32. The maximum atomic E-state index is 13.9. The van der Waals surface area contributed by atoms with Crippen LogP contribution >= 0.6 is 49.9 Å². The normalized spacial score (nSPS) is 16.8. The summed E-state index contributed by atoms with van der Waals surface area (Å²) >= 11 is 6.94. The number of ether oxygens (including phenoxy) is 1. The minimum absolute atomic E-state index is 0.112. The van der Waals surface area contributed by atoms with E-state index in [1.165, 1.54) is 16.9 Å². The second-order valence-electron chi connectivity index (χ2n) is 8.71. The number of phenolic OH excluding ortho intramolecular Hbond substituents is 1. The maximum Gasteiger partial charge on any atom is 0.271 e. The number of allylic oxidation sites excluding steroid dienone is 1. The van der Waals surface area contributed by atoms with E-state index >= 15 is 0 Å². The summed E-state index contributed by atoms with van der Waals surface area (Å²) in [6.45, 7) is 0. The van der Waals surface area contributed by atoms with Crippen molar-refractivity contribution in [3.63, 3.8) is 0 Å². The zero-order valence-electron chi connectivity index (χ0n) is 19.2. The van der Waals surface area contributed by atoms with Gasteiger partial charge in [-0.15, -0.1) is 0 Å². The Hall–Kier alpha value is -2.69. The molecule has 8 heteroatoms. The number of aromatic hydroxyl groups is 1. The van der Waals surface area contributed by atoms with Crippen molar-refractivity contribution in [2.24, 2.45) is 4.99 Å². The molecule has 0 unspecified atom stereocenters. The van der Waals surface area contributed by atoms with Gasteiger partial charge in [0, 0.05) is 15.6 Å². The van der Waals surface area contributed by atoms with Gasteiger partial charge in [0.2, 0.25) is 0 Å². The molecule has 36 heavy (non-hydrogen) atoms. The highest BCUT2D eigenvalue weighted by molar-refractivity contribution is 14.1. The monoisotopic (exact) mass is 670 g/mol. The summed E-state index contributed by atoms with van der Waals surface area (Å²) in [5.41, 5.74) is 6.02. The summed E-state index contributed by atoms with van der Waals surface area (Å²) in [5, 5.41) is 10.6. The Kier molecular flexibility index (Phi) is 6.13. The van der Waals surface area contributed by atoms with E-state index in [1.54, 1.807) is 13.2 Å². The third-order valence-corrected chi connectivity index (χ3v) is 8.91. The predicted molar refractivity (Wildman–Crippen MR) is 154 cm³/mol. The molecule has 1 atom stereocenters. The number of halogens is 2. The zero-order chi connectivity index (χ0) is 25.0. The number of rotatable bonds is 3. The Balaban J connectivity index is 1.62. The van der Waals surface area contributed by atoms with Crippen LogP contribution in [0.3, 0.4) is 0 Å². The Bertz CT molecular complexity index is 1740. The van der Waals surface area contributed by atoms with Gasteiger partial charge < -0.3 is 9.84 Å². The number of aryl methyl sites for hydroxylation is 1. The fraction of sp³-hybridized carbons (Fsp3) is 0.143. The van der Waals surface area contributed by atoms with Gasteiger partial charge in [0.05, 0.1) is 27.0 Å². The summed E-state index contributed by atoms with van der Waals surface area (Å²) in [4.78, 5) is 19.6. The smallest absolute Gasteiger partial charge is 0.271 e. The molecule has 1 N–H and O–H groups in total. The van der Waals surface area contributed by atoms with E-state index in [4.69, 9.17) is 9.73 Å². The predicted octanol–water partition coefficient (Wildman–Crippen LogP) is 5.40. The van der Waals surface area contributed by atoms with Crippen molar-refractivity contribution in [1.82, 2.24) is 4.57 Å². The molecule has 4 aromatic rings. The lowest BCUT2D eigenvalue weighted by Gasteiger charge is -2.30. The van der Waals surface area contributed by atoms with Crippen molar-refractivity contribution in [3.8, 4) is 11.5 Å². The van der Waals surface area contributed by atoms with Gasteiger partial charge in [0.1, 0.15) is 11.5 Å². The van der Waals surface area contributed by atoms with E-state index in [1.807, 2.05) is 47.0 Å². The number of hydrogen-bond donors (Lipinski definition) is 1. The molecular formula is C28H20BrIN2O3S. The first-order chi connectivity index (χ1) is 17.4. The molecule has 2 aliphatic rings. The van der Waals surface area contributed by atoms with Gasteiger partial charge in [-0.3, -0.25) is 9.36 Å². The molecule has 0 amide bonds. The van der Waals surface area contributed by atoms with Crippen LogP contribution in [0.2, 0.25) is 0 Å². The van der Waals surface area contributed by atoms with Crippen LogP contribution < -0.4 is 19.6 Å². The standard InChI is InChI=1S/C28H20BrIN2O3S/c1-35-19-9-6-16(7-10-19)25-21-11-8-15-4-2-3-5-20(15)24(21)31-28-32(25)27(34)23(36-28)13-17-12-18(29)14-22(30)26(17)33/h2-7,9-10,12-14,25,33H,8,11H2,1H3/b23-13-/t25-/m0/s1. The van der Waals surface area contributed by atoms with Crippen LogP contribution in [0.4, 0.5) is 0 Å². The van der Waals surface area contributed by atoms with Crippen LogP contribution in [0, 0.1) is 3.57 Å². The lowest BCUT2D eigenvalue weighted by molar-refractivity contribution is 0.414. The van der Waals surface area contributed by atoms with Crippen molar-refractivity contribution in [2.75, 3.05) is 7.11 Å². The summed E-state index contributed by atoms with van der Waals surface area (Å²) in [7, 11) is 1.65. The highest BCUT2D eigenvalue weighted by Crippen LogP contribution is 2.41. The van der Waals surface area contributed by atoms with E-state index in [0.717, 1.165) is 45.5 Å². The Labute approximate surface area is 233 Å². The van der Waals surface area contributed by atoms with Crippen LogP contribution in [0.1, 0.15) is 34.7 Å². The van der Waals surface area contributed by atoms with Gasteiger partial charge in [-0.1, -0.05) is 63.7 Å². The molecule has 0 bridgehead atoms. The minimum Gasteiger partial charge on any atom is -0.506 e. The molecule has 3 aromatic carbocycles. The van der Waals surface area contributed by atoms with Crippen LogP contribution in [0.25, 0.3) is 11.8 Å². The van der Waals surface area contributed by atoms with Crippen molar-refractivity contribution >= 4 is 61.6 Å². The van der Waals surface area contributed by atoms with E-state index in [2.05, 4.69) is 56.7 Å². The fourth-order valence-corrected chi connectivity index (χ4v) is 7.49. The average Bonchev–Trinajstić information content (AvgIpc) is 3.20. The van der Waals surface area contributed by atoms with Gasteiger partial charge >= 0.3 is 0 Å². The molecule has 1 aliphatic carbocycles. The van der Waals surface area contributed by atoms with Gasteiger partial charge in [0.25, 0.3) is 5.56 Å². The summed E-state index contributed by atoms with van der Waals surface area (Å²) in [5.74, 6) is 0.929. The number of thiazole rings is 1. The number of phenols is 1. The van der Waals surface area contributed by atoms with Gasteiger partial charge in [-0.2, -0.15) is 0 Å². The lowest BCUT2D eigenvalue weighted by Crippen LogP contribution is -2.38. The van der Waals surface area contributed by atoms with Crippen LogP contribution in [0.15, 0.2) is 80.5 Å². The molecule has 6 rings (SSSR count). The van der Waals surface area contributed by atoms with E-state index in [9.17, 15) is 9.90 Å². The van der Waals surface area contributed by atoms with Gasteiger partial charge in [0.15, 0.2) is 4.80 Å². The van der Waals surface area contributed by atoms with Crippen LogP contribution in [-0.4, -0.2) is 16.8 Å². The average molecular weight is 671 g/mol. The van der Waals surface area contributed by atoms with Crippen molar-refractivity contribution in [1.29, 1.82) is 0 Å². The molecule has 5 nitrogen and oxygen atoms in total. The highest BCUT2D eigenvalue weighted by atomic mass is 127. The Morgan fingerprint density at radius 1 is 1.17 bits per heavy atom. The van der Waals surface area contributed by atoms with E-state index in [0.29, 0.717) is 18.5 Å². The van der Waals surface area contributed by atoms with Crippen molar-refractivity contribution < 1.29 is 9.84 Å². The molecule has 180 valence electrons. The number of benzene rings is 3. The number of fused-ring (bicyclic) bond motifs is 3. The number of nitrogens with zero attached hydrogens (tertiary/aromatic N) is 2. The molecule has 0 radical (unpaired) electrons. The molecule has 1 aromatic heterocycles. The Morgan fingerprint density at radius 2 is 1.94 bits per heavy atom. The molecule has 1 aliphatic heterocycles. The quantitative estimate of drug-likeness (QED) is 0.297. The van der Waals surface area contributed by atoms with Crippen LogP contribution in [0.5, 0.6) is 11.5 Å².